The van der Waals surface area contributed by atoms with Crippen molar-refractivity contribution in [2.45, 2.75) is 26.1 Å². The Kier molecular flexibility index (Phi) is 6.91. The van der Waals surface area contributed by atoms with Crippen molar-refractivity contribution < 1.29 is 28.9 Å². The summed E-state index contributed by atoms with van der Waals surface area (Å²) in [6.45, 7) is 7.41. The molecule has 2 atom stereocenters. The lowest BCUT2D eigenvalue weighted by Gasteiger charge is -2.31. The van der Waals surface area contributed by atoms with Crippen LogP contribution in [0.2, 0.25) is 0 Å². The van der Waals surface area contributed by atoms with Gasteiger partial charge in [-0.05, 0) is 25.1 Å². The standard InChI is InChI=1S/C21H26N4O4.CH2O2/c1-2-24-6-5-22-20(24)11-23-8-15-9-25(17(10-23)13-27-12-15)21(26)16-3-4-18-19(7-16)29-14-28-18;2-1-3/h3-7,15,17H,2,8-14H2,1H3;1H,(H,2,3)/t15-,17-;/m0./s1. The Morgan fingerprint density at radius 1 is 1.22 bits per heavy atom. The topological polar surface area (TPSA) is 106 Å². The summed E-state index contributed by atoms with van der Waals surface area (Å²) in [5.41, 5.74) is 0.634. The van der Waals surface area contributed by atoms with Gasteiger partial charge in [0.15, 0.2) is 11.5 Å². The molecule has 4 heterocycles. The summed E-state index contributed by atoms with van der Waals surface area (Å²) in [7, 11) is 0. The number of fused-ring (bicyclic) bond motifs is 4. The van der Waals surface area contributed by atoms with Crippen molar-refractivity contribution in [3.8, 4) is 11.5 Å². The highest BCUT2D eigenvalue weighted by molar-refractivity contribution is 5.95. The molecule has 2 aromatic rings. The highest BCUT2D eigenvalue weighted by atomic mass is 16.7. The normalized spacial score (nSPS) is 22.0. The van der Waals surface area contributed by atoms with E-state index in [1.54, 1.807) is 6.07 Å². The van der Waals surface area contributed by atoms with Gasteiger partial charge >= 0.3 is 0 Å². The number of benzene rings is 1. The number of ether oxygens (including phenoxy) is 3. The fraction of sp³-hybridized carbons (Fsp3) is 0.500. The number of nitrogens with zero attached hydrogens (tertiary/aromatic N) is 4. The average molecular weight is 444 g/mol. The number of amides is 1. The highest BCUT2D eigenvalue weighted by Gasteiger charge is 2.36. The fourth-order valence-corrected chi connectivity index (χ4v) is 4.49. The van der Waals surface area contributed by atoms with E-state index in [1.807, 2.05) is 29.4 Å². The zero-order valence-electron chi connectivity index (χ0n) is 18.1. The number of aryl methyl sites for hydroxylation is 1. The van der Waals surface area contributed by atoms with Crippen LogP contribution in [0.1, 0.15) is 23.1 Å². The molecule has 3 aliphatic heterocycles. The predicted molar refractivity (Wildman–Crippen MR) is 114 cm³/mol. The van der Waals surface area contributed by atoms with E-state index in [9.17, 15) is 4.79 Å². The minimum Gasteiger partial charge on any atom is -0.483 e. The zero-order valence-corrected chi connectivity index (χ0v) is 18.1. The van der Waals surface area contributed by atoms with E-state index in [2.05, 4.69) is 21.4 Å². The minimum absolute atomic E-state index is 0.0189. The Morgan fingerprint density at radius 3 is 2.84 bits per heavy atom. The van der Waals surface area contributed by atoms with Gasteiger partial charge in [-0.3, -0.25) is 14.5 Å². The summed E-state index contributed by atoms with van der Waals surface area (Å²) < 4.78 is 18.9. The Morgan fingerprint density at radius 2 is 2.03 bits per heavy atom. The van der Waals surface area contributed by atoms with Crippen molar-refractivity contribution in [1.29, 1.82) is 0 Å². The second-order valence-corrected chi connectivity index (χ2v) is 8.01. The molecule has 10 nitrogen and oxygen atoms in total. The van der Waals surface area contributed by atoms with Crippen LogP contribution in [0.15, 0.2) is 30.6 Å². The van der Waals surface area contributed by atoms with Gasteiger partial charge in [0.05, 0.1) is 25.8 Å². The van der Waals surface area contributed by atoms with Crippen LogP contribution in [0.25, 0.3) is 0 Å². The van der Waals surface area contributed by atoms with E-state index in [0.29, 0.717) is 36.8 Å². The number of carbonyl (C=O) groups is 2. The first-order valence-corrected chi connectivity index (χ1v) is 10.7. The maximum absolute atomic E-state index is 13.4. The molecule has 2 bridgehead atoms. The Balaban J connectivity index is 0.000000775. The average Bonchev–Trinajstić information content (AvgIpc) is 3.34. The van der Waals surface area contributed by atoms with Gasteiger partial charge in [0.25, 0.3) is 12.4 Å². The van der Waals surface area contributed by atoms with Crippen molar-refractivity contribution >= 4 is 12.4 Å². The first kappa shape index (κ1) is 22.1. The van der Waals surface area contributed by atoms with Gasteiger partial charge in [0, 0.05) is 50.1 Å². The van der Waals surface area contributed by atoms with Gasteiger partial charge in [0.1, 0.15) is 5.82 Å². The Hall–Kier alpha value is -3.11. The lowest BCUT2D eigenvalue weighted by Crippen LogP contribution is -2.46. The molecule has 1 aromatic carbocycles. The molecule has 3 aliphatic rings. The van der Waals surface area contributed by atoms with Crippen LogP contribution in [0.5, 0.6) is 11.5 Å². The number of imidazole rings is 1. The van der Waals surface area contributed by atoms with Crippen molar-refractivity contribution in [1.82, 2.24) is 19.4 Å². The first-order chi connectivity index (χ1) is 15.6. The summed E-state index contributed by atoms with van der Waals surface area (Å²) in [5.74, 6) is 2.71. The largest absolute Gasteiger partial charge is 0.483 e. The van der Waals surface area contributed by atoms with Crippen LogP contribution in [-0.2, 0) is 22.6 Å². The predicted octanol–water partition coefficient (Wildman–Crippen LogP) is 1.31. The van der Waals surface area contributed by atoms with Crippen LogP contribution in [-0.4, -0.2) is 82.5 Å². The number of carbonyl (C=O) groups excluding carboxylic acids is 1. The molecule has 1 aromatic heterocycles. The smallest absolute Gasteiger partial charge is 0.290 e. The molecule has 2 fully saturated rings. The van der Waals surface area contributed by atoms with Crippen LogP contribution in [0, 0.1) is 5.92 Å². The highest BCUT2D eigenvalue weighted by Crippen LogP contribution is 2.33. The molecule has 1 amide bonds. The third-order valence-electron chi connectivity index (χ3n) is 5.93. The monoisotopic (exact) mass is 444 g/mol. The summed E-state index contributed by atoms with van der Waals surface area (Å²) in [6, 6.07) is 5.44. The third-order valence-corrected chi connectivity index (χ3v) is 5.93. The molecular weight excluding hydrogens is 416 g/mol. The number of hydrogen-bond acceptors (Lipinski definition) is 7. The van der Waals surface area contributed by atoms with Crippen LogP contribution >= 0.6 is 0 Å². The Labute approximate surface area is 186 Å². The van der Waals surface area contributed by atoms with Crippen molar-refractivity contribution in [3.05, 3.63) is 42.0 Å². The van der Waals surface area contributed by atoms with Crippen LogP contribution in [0.4, 0.5) is 0 Å². The molecule has 5 rings (SSSR count). The van der Waals surface area contributed by atoms with Gasteiger partial charge in [0.2, 0.25) is 6.79 Å². The van der Waals surface area contributed by atoms with Gasteiger partial charge in [-0.25, -0.2) is 4.98 Å². The van der Waals surface area contributed by atoms with Crippen molar-refractivity contribution in [3.63, 3.8) is 0 Å². The Bertz CT molecular complexity index is 948. The molecule has 0 radical (unpaired) electrons. The molecule has 2 saturated heterocycles. The van der Waals surface area contributed by atoms with Gasteiger partial charge in [-0.2, -0.15) is 0 Å². The lowest BCUT2D eigenvalue weighted by molar-refractivity contribution is -0.122. The van der Waals surface area contributed by atoms with Crippen molar-refractivity contribution in [2.24, 2.45) is 5.92 Å². The van der Waals surface area contributed by atoms with Crippen LogP contribution in [0.3, 0.4) is 0 Å². The van der Waals surface area contributed by atoms with E-state index in [1.165, 1.54) is 0 Å². The number of aromatic nitrogens is 2. The molecule has 32 heavy (non-hydrogen) atoms. The molecule has 172 valence electrons. The van der Waals surface area contributed by atoms with Gasteiger partial charge in [-0.15, -0.1) is 0 Å². The quantitative estimate of drug-likeness (QED) is 0.704. The molecule has 1 N–H and O–H groups in total. The van der Waals surface area contributed by atoms with Crippen molar-refractivity contribution in [2.75, 3.05) is 39.6 Å². The second-order valence-electron chi connectivity index (χ2n) is 8.01. The SMILES string of the molecule is CCn1ccnc1CN1C[C@@H]2COC[C@H](C1)N(C(=O)c1ccc3c(c1)OCO3)C2.O=CO. The van der Waals surface area contributed by atoms with E-state index >= 15 is 0 Å². The molecule has 0 aliphatic carbocycles. The van der Waals surface area contributed by atoms with E-state index in [4.69, 9.17) is 24.1 Å². The van der Waals surface area contributed by atoms with Gasteiger partial charge in [-0.1, -0.05) is 0 Å². The number of hydrogen-bond donors (Lipinski definition) is 1. The summed E-state index contributed by atoms with van der Waals surface area (Å²) in [4.78, 5) is 30.6. The fourth-order valence-electron chi connectivity index (χ4n) is 4.49. The minimum atomic E-state index is -0.250. The molecule has 0 unspecified atom stereocenters. The van der Waals surface area contributed by atoms with E-state index in [-0.39, 0.29) is 31.1 Å². The van der Waals surface area contributed by atoms with Gasteiger partial charge < -0.3 is 28.8 Å². The molecular formula is C22H28N4O6. The van der Waals surface area contributed by atoms with E-state index < -0.39 is 0 Å². The number of carboxylic acid groups (broad SMARTS) is 1. The lowest BCUT2D eigenvalue weighted by atomic mass is 10.1. The maximum Gasteiger partial charge on any atom is 0.290 e. The number of rotatable bonds is 4. The zero-order chi connectivity index (χ0) is 22.5. The third kappa shape index (κ3) is 4.71. The second kappa shape index (κ2) is 10.0. The summed E-state index contributed by atoms with van der Waals surface area (Å²) in [6.07, 6.45) is 3.88. The van der Waals surface area contributed by atoms with E-state index in [0.717, 1.165) is 32.0 Å². The van der Waals surface area contributed by atoms with Crippen LogP contribution < -0.4 is 9.47 Å². The first-order valence-electron chi connectivity index (χ1n) is 10.7. The summed E-state index contributed by atoms with van der Waals surface area (Å²) in [5, 5.41) is 6.89. The maximum atomic E-state index is 13.4. The molecule has 0 spiro atoms. The molecule has 0 saturated carbocycles. The molecule has 10 heteroatoms. The summed E-state index contributed by atoms with van der Waals surface area (Å²) >= 11 is 0.